The topological polar surface area (TPSA) is 74.2 Å². The SMILES string of the molecule is CCCOCC(C)(N)c1noc(-c2ccc(C)c(F)c2)n1. The molecule has 1 aromatic carbocycles. The van der Waals surface area contributed by atoms with Crippen molar-refractivity contribution in [2.75, 3.05) is 13.2 Å². The minimum atomic E-state index is -0.847. The fourth-order valence-electron chi connectivity index (χ4n) is 1.79. The maximum absolute atomic E-state index is 13.6. The summed E-state index contributed by atoms with van der Waals surface area (Å²) in [6, 6.07) is 4.77. The minimum Gasteiger partial charge on any atom is -0.379 e. The van der Waals surface area contributed by atoms with E-state index < -0.39 is 5.54 Å². The van der Waals surface area contributed by atoms with Crippen LogP contribution in [0.4, 0.5) is 4.39 Å². The van der Waals surface area contributed by atoms with E-state index >= 15 is 0 Å². The summed E-state index contributed by atoms with van der Waals surface area (Å²) in [5.74, 6) is 0.277. The lowest BCUT2D eigenvalue weighted by atomic mass is 10.1. The first kappa shape index (κ1) is 15.6. The number of rotatable bonds is 6. The Morgan fingerprint density at radius 2 is 2.19 bits per heavy atom. The highest BCUT2D eigenvalue weighted by atomic mass is 19.1. The lowest BCUT2D eigenvalue weighted by molar-refractivity contribution is 0.0867. The van der Waals surface area contributed by atoms with Crippen LogP contribution in [-0.4, -0.2) is 23.4 Å². The maximum atomic E-state index is 13.6. The maximum Gasteiger partial charge on any atom is 0.258 e. The van der Waals surface area contributed by atoms with Gasteiger partial charge in [-0.2, -0.15) is 4.98 Å². The van der Waals surface area contributed by atoms with Crippen molar-refractivity contribution in [2.24, 2.45) is 5.73 Å². The van der Waals surface area contributed by atoms with Gasteiger partial charge in [-0.3, -0.25) is 0 Å². The molecule has 0 spiro atoms. The van der Waals surface area contributed by atoms with Crippen LogP contribution in [0.2, 0.25) is 0 Å². The van der Waals surface area contributed by atoms with E-state index in [1.54, 1.807) is 26.0 Å². The number of halogens is 1. The summed E-state index contributed by atoms with van der Waals surface area (Å²) in [4.78, 5) is 4.25. The molecule has 0 aliphatic carbocycles. The summed E-state index contributed by atoms with van der Waals surface area (Å²) in [6.07, 6.45) is 0.913. The van der Waals surface area contributed by atoms with Gasteiger partial charge in [-0.15, -0.1) is 0 Å². The second-order valence-corrected chi connectivity index (χ2v) is 5.36. The van der Waals surface area contributed by atoms with Crippen LogP contribution in [0, 0.1) is 12.7 Å². The number of aryl methyl sites for hydroxylation is 1. The Labute approximate surface area is 123 Å². The second-order valence-electron chi connectivity index (χ2n) is 5.36. The molecule has 2 N–H and O–H groups in total. The molecule has 0 saturated carbocycles. The molecule has 1 atom stereocenters. The molecule has 5 nitrogen and oxygen atoms in total. The van der Waals surface area contributed by atoms with Gasteiger partial charge >= 0.3 is 0 Å². The third-order valence-electron chi connectivity index (χ3n) is 3.11. The third kappa shape index (κ3) is 3.65. The predicted octanol–water partition coefficient (Wildman–Crippen LogP) is 2.78. The van der Waals surface area contributed by atoms with E-state index in [1.807, 2.05) is 6.92 Å². The van der Waals surface area contributed by atoms with E-state index in [2.05, 4.69) is 10.1 Å². The summed E-state index contributed by atoms with van der Waals surface area (Å²) < 4.78 is 24.2. The molecule has 2 aromatic rings. The zero-order chi connectivity index (χ0) is 15.5. The molecule has 0 saturated heterocycles. The molecular formula is C15H20FN3O2. The van der Waals surface area contributed by atoms with E-state index in [0.29, 0.717) is 30.2 Å². The van der Waals surface area contributed by atoms with E-state index in [1.165, 1.54) is 6.07 Å². The van der Waals surface area contributed by atoms with Crippen LogP contribution in [0.15, 0.2) is 22.7 Å². The average Bonchev–Trinajstić information content (AvgIpc) is 2.92. The van der Waals surface area contributed by atoms with Crippen molar-refractivity contribution in [2.45, 2.75) is 32.7 Å². The number of nitrogens with zero attached hydrogens (tertiary/aromatic N) is 2. The number of nitrogens with two attached hydrogens (primary N) is 1. The number of hydrogen-bond acceptors (Lipinski definition) is 5. The van der Waals surface area contributed by atoms with Crippen molar-refractivity contribution in [3.05, 3.63) is 35.4 Å². The lowest BCUT2D eigenvalue weighted by Gasteiger charge is -2.19. The van der Waals surface area contributed by atoms with Crippen LogP contribution in [0.1, 0.15) is 31.7 Å². The van der Waals surface area contributed by atoms with Crippen molar-refractivity contribution < 1.29 is 13.7 Å². The molecule has 0 bridgehead atoms. The Kier molecular flexibility index (Phi) is 4.69. The molecule has 2 rings (SSSR count). The Hall–Kier alpha value is -1.79. The molecule has 1 unspecified atom stereocenters. The van der Waals surface area contributed by atoms with Gasteiger partial charge in [-0.25, -0.2) is 4.39 Å². The molecule has 1 heterocycles. The smallest absolute Gasteiger partial charge is 0.258 e. The first-order valence-corrected chi connectivity index (χ1v) is 6.91. The fraction of sp³-hybridized carbons (Fsp3) is 0.467. The van der Waals surface area contributed by atoms with Gasteiger partial charge in [0.2, 0.25) is 0 Å². The molecule has 0 fully saturated rings. The highest BCUT2D eigenvalue weighted by molar-refractivity contribution is 5.53. The summed E-state index contributed by atoms with van der Waals surface area (Å²) in [5, 5.41) is 3.88. The van der Waals surface area contributed by atoms with E-state index in [-0.39, 0.29) is 11.7 Å². The van der Waals surface area contributed by atoms with E-state index in [4.69, 9.17) is 15.0 Å². The summed E-state index contributed by atoms with van der Waals surface area (Å²) in [5.41, 5.74) is 6.39. The summed E-state index contributed by atoms with van der Waals surface area (Å²) in [7, 11) is 0. The zero-order valence-corrected chi connectivity index (χ0v) is 12.5. The van der Waals surface area contributed by atoms with E-state index in [9.17, 15) is 4.39 Å². The van der Waals surface area contributed by atoms with Gasteiger partial charge in [0.05, 0.1) is 6.61 Å². The number of hydrogen-bond donors (Lipinski definition) is 1. The average molecular weight is 293 g/mol. The summed E-state index contributed by atoms with van der Waals surface area (Å²) >= 11 is 0. The molecular weight excluding hydrogens is 273 g/mol. The molecule has 6 heteroatoms. The van der Waals surface area contributed by atoms with Crippen LogP contribution in [0.25, 0.3) is 11.5 Å². The van der Waals surface area contributed by atoms with Crippen LogP contribution >= 0.6 is 0 Å². The van der Waals surface area contributed by atoms with Crippen molar-refractivity contribution in [1.82, 2.24) is 10.1 Å². The first-order valence-electron chi connectivity index (χ1n) is 6.91. The Bertz CT molecular complexity index is 611. The van der Waals surface area contributed by atoms with Crippen molar-refractivity contribution in [3.63, 3.8) is 0 Å². The fourth-order valence-corrected chi connectivity index (χ4v) is 1.79. The standard InChI is InChI=1S/C15H20FN3O2/c1-4-7-20-9-15(3,17)14-18-13(21-19-14)11-6-5-10(2)12(16)8-11/h5-6,8H,4,7,9,17H2,1-3H3. The van der Waals surface area contributed by atoms with Crippen LogP contribution < -0.4 is 5.73 Å². The Morgan fingerprint density at radius 1 is 1.43 bits per heavy atom. The molecule has 21 heavy (non-hydrogen) atoms. The molecule has 0 aliphatic heterocycles. The second kappa shape index (κ2) is 6.32. The van der Waals surface area contributed by atoms with Gasteiger partial charge in [-0.05, 0) is 38.0 Å². The van der Waals surface area contributed by atoms with Gasteiger partial charge in [-0.1, -0.05) is 18.1 Å². The van der Waals surface area contributed by atoms with E-state index in [0.717, 1.165) is 6.42 Å². The number of aromatic nitrogens is 2. The van der Waals surface area contributed by atoms with Crippen LogP contribution in [0.5, 0.6) is 0 Å². The largest absolute Gasteiger partial charge is 0.379 e. The van der Waals surface area contributed by atoms with Gasteiger partial charge in [0.1, 0.15) is 11.4 Å². The highest BCUT2D eigenvalue weighted by Gasteiger charge is 2.28. The molecule has 1 aromatic heterocycles. The Balaban J connectivity index is 2.18. The van der Waals surface area contributed by atoms with Crippen molar-refractivity contribution >= 4 is 0 Å². The van der Waals surface area contributed by atoms with Crippen LogP contribution in [0.3, 0.4) is 0 Å². The third-order valence-corrected chi connectivity index (χ3v) is 3.11. The quantitative estimate of drug-likeness (QED) is 0.829. The molecule has 0 amide bonds. The zero-order valence-electron chi connectivity index (χ0n) is 12.5. The van der Waals surface area contributed by atoms with Gasteiger partial charge in [0, 0.05) is 12.2 Å². The predicted molar refractivity (Wildman–Crippen MR) is 77.1 cm³/mol. The lowest BCUT2D eigenvalue weighted by Crippen LogP contribution is -2.39. The monoisotopic (exact) mass is 293 g/mol. The number of benzene rings is 1. The van der Waals surface area contributed by atoms with Crippen LogP contribution in [-0.2, 0) is 10.3 Å². The van der Waals surface area contributed by atoms with Gasteiger partial charge < -0.3 is 15.0 Å². The van der Waals surface area contributed by atoms with Gasteiger partial charge in [0.25, 0.3) is 5.89 Å². The highest BCUT2D eigenvalue weighted by Crippen LogP contribution is 2.23. The molecule has 114 valence electrons. The normalized spacial score (nSPS) is 14.1. The Morgan fingerprint density at radius 3 is 2.86 bits per heavy atom. The van der Waals surface area contributed by atoms with Gasteiger partial charge in [0.15, 0.2) is 5.82 Å². The summed E-state index contributed by atoms with van der Waals surface area (Å²) in [6.45, 7) is 6.41. The minimum absolute atomic E-state index is 0.246. The van der Waals surface area contributed by atoms with Crippen molar-refractivity contribution in [3.8, 4) is 11.5 Å². The molecule has 0 aliphatic rings. The number of ether oxygens (including phenoxy) is 1. The molecule has 0 radical (unpaired) electrons. The van der Waals surface area contributed by atoms with Crippen molar-refractivity contribution in [1.29, 1.82) is 0 Å². The first-order chi connectivity index (χ1) is 9.94.